The molecule has 33 heavy (non-hydrogen) atoms. The molecule has 1 aromatic heterocycles. The van der Waals surface area contributed by atoms with Crippen molar-refractivity contribution in [2.45, 2.75) is 4.90 Å². The van der Waals surface area contributed by atoms with Crippen LogP contribution in [0.4, 0.5) is 0 Å². The van der Waals surface area contributed by atoms with Gasteiger partial charge in [-0.2, -0.15) is 0 Å². The lowest BCUT2D eigenvalue weighted by Crippen LogP contribution is -2.47. The summed E-state index contributed by atoms with van der Waals surface area (Å²) in [4.78, 5) is 34.5. The fourth-order valence-electron chi connectivity index (χ4n) is 3.01. The zero-order valence-electron chi connectivity index (χ0n) is 16.8. The third kappa shape index (κ3) is 4.49. The van der Waals surface area contributed by atoms with E-state index in [-0.39, 0.29) is 11.5 Å². The molecule has 4 rings (SSSR count). The van der Waals surface area contributed by atoms with E-state index in [1.807, 2.05) is 0 Å². The van der Waals surface area contributed by atoms with Crippen molar-refractivity contribution in [1.29, 1.82) is 0 Å². The van der Waals surface area contributed by atoms with Crippen molar-refractivity contribution in [2.75, 3.05) is 0 Å². The molecule has 0 bridgehead atoms. The van der Waals surface area contributed by atoms with E-state index in [0.29, 0.717) is 11.3 Å². The number of sulfonamides is 1. The number of aliphatic imine (C=N–C) groups is 1. The molecule has 3 aromatic rings. The predicted molar refractivity (Wildman–Crippen MR) is 117 cm³/mol. The Balaban J connectivity index is 1.75. The van der Waals surface area contributed by atoms with E-state index < -0.39 is 38.1 Å². The molecule has 0 spiro atoms. The van der Waals surface area contributed by atoms with Crippen molar-refractivity contribution in [1.82, 2.24) is 14.8 Å². The summed E-state index contributed by atoms with van der Waals surface area (Å²) in [5, 5.41) is 19.6. The number of rotatable bonds is 6. The van der Waals surface area contributed by atoms with Crippen LogP contribution in [0.15, 0.2) is 88.5 Å². The molecule has 166 valence electrons. The highest BCUT2D eigenvalue weighted by Crippen LogP contribution is 2.24. The van der Waals surface area contributed by atoms with Gasteiger partial charge < -0.3 is 10.2 Å². The zero-order chi connectivity index (χ0) is 23.6. The number of carboxylic acids is 1. The summed E-state index contributed by atoms with van der Waals surface area (Å²) in [7, 11) is -4.43. The summed E-state index contributed by atoms with van der Waals surface area (Å²) in [6, 6.07) is 16.3. The maximum Gasteiger partial charge on any atom is 0.339 e. The van der Waals surface area contributed by atoms with Crippen LogP contribution in [0.25, 0.3) is 6.08 Å². The minimum absolute atomic E-state index is 0.0311. The van der Waals surface area contributed by atoms with Crippen LogP contribution in [0.1, 0.15) is 21.6 Å². The fraction of sp³-hybridized carbons (Fsp3) is 0. The topological polar surface area (TPSA) is 149 Å². The predicted octanol–water partition coefficient (Wildman–Crippen LogP) is 2.01. The van der Waals surface area contributed by atoms with Crippen LogP contribution in [0, 0.1) is 0 Å². The van der Waals surface area contributed by atoms with E-state index in [1.165, 1.54) is 6.08 Å². The van der Waals surface area contributed by atoms with E-state index in [1.54, 1.807) is 54.7 Å². The highest BCUT2D eigenvalue weighted by Gasteiger charge is 2.35. The number of carbonyl (C=O) groups is 2. The molecule has 0 unspecified atom stereocenters. The number of hydrogen-bond donors (Lipinski definition) is 3. The SMILES string of the molecule is O=C(O)c1cc(S(=O)(=O)NN2C(=O)C(=Cc3ccccn3)N=C2c2ccccc2)ccc1O. The number of carboxylic acid groups (broad SMARTS) is 1. The Morgan fingerprint density at radius 2 is 1.76 bits per heavy atom. The Kier molecular flexibility index (Phi) is 5.73. The molecule has 0 saturated carbocycles. The van der Waals surface area contributed by atoms with E-state index in [4.69, 9.17) is 0 Å². The molecule has 0 aliphatic carbocycles. The number of hydrogen-bond acceptors (Lipinski definition) is 7. The Hall–Kier alpha value is -4.35. The third-order valence-corrected chi connectivity index (χ3v) is 5.88. The molecule has 0 saturated heterocycles. The number of amides is 1. The van der Waals surface area contributed by atoms with Gasteiger partial charge in [0.15, 0.2) is 5.84 Å². The number of hydrazine groups is 1. The van der Waals surface area contributed by atoms with Crippen LogP contribution in [-0.2, 0) is 14.8 Å². The molecule has 2 heterocycles. The Morgan fingerprint density at radius 3 is 2.42 bits per heavy atom. The van der Waals surface area contributed by atoms with Crippen molar-refractivity contribution < 1.29 is 28.2 Å². The van der Waals surface area contributed by atoms with Gasteiger partial charge in [0.05, 0.1) is 10.6 Å². The van der Waals surface area contributed by atoms with Gasteiger partial charge >= 0.3 is 5.97 Å². The maximum atomic E-state index is 13.1. The second-order valence-corrected chi connectivity index (χ2v) is 8.47. The molecular formula is C22H16N4O6S. The largest absolute Gasteiger partial charge is 0.507 e. The van der Waals surface area contributed by atoms with Crippen LogP contribution >= 0.6 is 0 Å². The number of nitrogens with zero attached hydrogens (tertiary/aromatic N) is 3. The Bertz CT molecular complexity index is 1400. The molecule has 1 amide bonds. The zero-order valence-corrected chi connectivity index (χ0v) is 17.6. The first kappa shape index (κ1) is 21.9. The quantitative estimate of drug-likeness (QED) is 0.472. The second kappa shape index (κ2) is 8.65. The summed E-state index contributed by atoms with van der Waals surface area (Å²) in [6.07, 6.45) is 2.96. The van der Waals surface area contributed by atoms with Gasteiger partial charge in [-0.05, 0) is 36.4 Å². The van der Waals surface area contributed by atoms with Gasteiger partial charge in [-0.1, -0.05) is 36.4 Å². The highest BCUT2D eigenvalue weighted by molar-refractivity contribution is 7.89. The molecule has 1 aliphatic heterocycles. The van der Waals surface area contributed by atoms with Crippen LogP contribution < -0.4 is 4.83 Å². The summed E-state index contributed by atoms with van der Waals surface area (Å²) in [6.45, 7) is 0. The number of phenols is 1. The number of aromatic carboxylic acids is 1. The number of pyridine rings is 1. The molecular weight excluding hydrogens is 448 g/mol. The number of carbonyl (C=O) groups excluding carboxylic acids is 1. The maximum absolute atomic E-state index is 13.1. The molecule has 1 aliphatic rings. The third-order valence-electron chi connectivity index (χ3n) is 4.58. The van der Waals surface area contributed by atoms with E-state index in [9.17, 15) is 28.2 Å². The lowest BCUT2D eigenvalue weighted by atomic mass is 10.2. The molecule has 0 fully saturated rings. The monoisotopic (exact) mass is 464 g/mol. The molecule has 3 N–H and O–H groups in total. The van der Waals surface area contributed by atoms with E-state index in [2.05, 4.69) is 14.8 Å². The second-order valence-electron chi connectivity index (χ2n) is 6.81. The standard InChI is InChI=1S/C22H16N4O6S/c27-19-10-9-16(13-17(19)22(29)30)33(31,32)25-26-20(14-6-2-1-3-7-14)24-18(21(26)28)12-15-8-4-5-11-23-15/h1-13,25,27H,(H,29,30). The lowest BCUT2D eigenvalue weighted by Gasteiger charge is -2.19. The molecule has 2 aromatic carbocycles. The van der Waals surface area contributed by atoms with Crippen molar-refractivity contribution >= 4 is 33.8 Å². The van der Waals surface area contributed by atoms with Gasteiger partial charge in [-0.3, -0.25) is 9.78 Å². The summed E-state index contributed by atoms with van der Waals surface area (Å²) < 4.78 is 26.0. The smallest absolute Gasteiger partial charge is 0.339 e. The number of nitrogens with one attached hydrogen (secondary N) is 1. The minimum atomic E-state index is -4.43. The number of amidine groups is 1. The van der Waals surface area contributed by atoms with Crippen LogP contribution in [0.3, 0.4) is 0 Å². The number of aromatic hydroxyl groups is 1. The minimum Gasteiger partial charge on any atom is -0.507 e. The highest BCUT2D eigenvalue weighted by atomic mass is 32.2. The average molecular weight is 464 g/mol. The van der Waals surface area contributed by atoms with Crippen LogP contribution in [0.2, 0.25) is 0 Å². The van der Waals surface area contributed by atoms with Crippen molar-refractivity contribution in [2.24, 2.45) is 4.99 Å². The van der Waals surface area contributed by atoms with Crippen molar-refractivity contribution in [3.05, 3.63) is 95.4 Å². The Labute approximate surface area is 188 Å². The van der Waals surface area contributed by atoms with Gasteiger partial charge in [-0.25, -0.2) is 23.2 Å². The summed E-state index contributed by atoms with van der Waals surface area (Å²) in [5.74, 6) is -2.82. The van der Waals surface area contributed by atoms with Gasteiger partial charge in [0.2, 0.25) is 0 Å². The fourth-order valence-corrected chi connectivity index (χ4v) is 4.05. The first-order chi connectivity index (χ1) is 15.8. The average Bonchev–Trinajstić information content (AvgIpc) is 3.09. The van der Waals surface area contributed by atoms with Crippen molar-refractivity contribution in [3.8, 4) is 5.75 Å². The molecule has 10 nitrogen and oxygen atoms in total. The molecule has 0 radical (unpaired) electrons. The van der Waals surface area contributed by atoms with Gasteiger partial charge in [0.1, 0.15) is 17.0 Å². The van der Waals surface area contributed by atoms with E-state index >= 15 is 0 Å². The van der Waals surface area contributed by atoms with Crippen LogP contribution in [-0.4, -0.2) is 46.3 Å². The normalized spacial score (nSPS) is 15.0. The number of aromatic nitrogens is 1. The summed E-state index contributed by atoms with van der Waals surface area (Å²) in [5.41, 5.74) is 0.270. The summed E-state index contributed by atoms with van der Waals surface area (Å²) >= 11 is 0. The first-order valence-corrected chi connectivity index (χ1v) is 10.9. The number of benzene rings is 2. The van der Waals surface area contributed by atoms with E-state index in [0.717, 1.165) is 23.2 Å². The van der Waals surface area contributed by atoms with Crippen molar-refractivity contribution in [3.63, 3.8) is 0 Å². The Morgan fingerprint density at radius 1 is 1.03 bits per heavy atom. The van der Waals surface area contributed by atoms with Gasteiger partial charge in [0, 0.05) is 11.8 Å². The van der Waals surface area contributed by atoms with Crippen LogP contribution in [0.5, 0.6) is 5.75 Å². The molecule has 11 heteroatoms. The first-order valence-electron chi connectivity index (χ1n) is 9.46. The lowest BCUT2D eigenvalue weighted by molar-refractivity contribution is -0.123. The van der Waals surface area contributed by atoms with Gasteiger partial charge in [-0.15, -0.1) is 4.83 Å². The molecule has 0 atom stereocenters. The van der Waals surface area contributed by atoms with Gasteiger partial charge in [0.25, 0.3) is 15.9 Å².